The molecule has 0 bridgehead atoms. The van der Waals surface area contributed by atoms with Crippen LogP contribution in [-0.2, 0) is 0 Å². The highest BCUT2D eigenvalue weighted by Gasteiger charge is 2.30. The Morgan fingerprint density at radius 1 is 0.760 bits per heavy atom. The van der Waals surface area contributed by atoms with Crippen LogP contribution in [0.2, 0.25) is 0 Å². The fourth-order valence-corrected chi connectivity index (χ4v) is 3.44. The summed E-state index contributed by atoms with van der Waals surface area (Å²) in [4.78, 5) is 0. The van der Waals surface area contributed by atoms with Crippen molar-refractivity contribution in [1.82, 2.24) is 0 Å². The van der Waals surface area contributed by atoms with Crippen molar-refractivity contribution in [3.8, 4) is 0 Å². The Kier molecular flexibility index (Phi) is 4.96. The summed E-state index contributed by atoms with van der Waals surface area (Å²) >= 11 is 0. The van der Waals surface area contributed by atoms with Crippen LogP contribution >= 0.6 is 0 Å². The maximum Gasteiger partial charge on any atom is 0.119 e. The van der Waals surface area contributed by atoms with Crippen molar-refractivity contribution in [2.24, 2.45) is 10.8 Å². The van der Waals surface area contributed by atoms with Gasteiger partial charge in [-0.15, -0.1) is 0 Å². The van der Waals surface area contributed by atoms with E-state index in [1.54, 1.807) is 0 Å². The summed E-state index contributed by atoms with van der Waals surface area (Å²) < 4.78 is 0. The van der Waals surface area contributed by atoms with Gasteiger partial charge in [-0.2, -0.15) is 0 Å². The third-order valence-electron chi connectivity index (χ3n) is 4.80. The second-order valence-electron chi connectivity index (χ2n) is 9.37. The second-order valence-corrected chi connectivity index (χ2v) is 9.37. The van der Waals surface area contributed by atoms with Crippen molar-refractivity contribution in [2.75, 3.05) is 0 Å². The van der Waals surface area contributed by atoms with Crippen LogP contribution < -0.4 is 0 Å². The Balaban J connectivity index is 2.44. The van der Waals surface area contributed by atoms with Crippen LogP contribution in [0.4, 0.5) is 0 Å². The van der Waals surface area contributed by atoms with Crippen molar-refractivity contribution < 1.29 is 10.2 Å². The zero-order chi connectivity index (χ0) is 19.2. The van der Waals surface area contributed by atoms with Gasteiger partial charge in [-0.05, 0) is 52.4 Å². The monoisotopic (exact) mass is 340 g/mol. The Hall–Kier alpha value is -1.96. The van der Waals surface area contributed by atoms with Gasteiger partial charge < -0.3 is 10.2 Å². The van der Waals surface area contributed by atoms with Gasteiger partial charge >= 0.3 is 0 Å². The summed E-state index contributed by atoms with van der Waals surface area (Å²) in [5.74, 6) is 0.718. The van der Waals surface area contributed by atoms with Crippen LogP contribution in [0.25, 0.3) is 0 Å². The molecule has 2 N–H and O–H groups in total. The molecule has 0 aromatic heterocycles. The molecule has 136 valence electrons. The molecule has 2 heteroatoms. The Labute approximate surface area is 152 Å². The van der Waals surface area contributed by atoms with Crippen molar-refractivity contribution >= 4 is 0 Å². The predicted octanol–water partition coefficient (Wildman–Crippen LogP) is 6.87. The van der Waals surface area contributed by atoms with E-state index in [0.717, 1.165) is 33.4 Å². The summed E-state index contributed by atoms with van der Waals surface area (Å²) in [5.41, 5.74) is 5.39. The fourth-order valence-electron chi connectivity index (χ4n) is 3.44. The lowest BCUT2D eigenvalue weighted by Crippen LogP contribution is -2.18. The molecular weight excluding hydrogens is 308 g/mol. The van der Waals surface area contributed by atoms with E-state index >= 15 is 0 Å². The zero-order valence-corrected chi connectivity index (χ0v) is 16.6. The molecule has 0 aliphatic heterocycles. The van der Waals surface area contributed by atoms with Gasteiger partial charge in [0.1, 0.15) is 11.5 Å². The van der Waals surface area contributed by atoms with E-state index in [1.165, 1.54) is 0 Å². The molecule has 0 spiro atoms. The SMILES string of the molecule is C=C1C=C(C(C)(C)C)C(O)=C(CC2=C(O)C(C(C)(C)C)=CC(=C)C2)C1. The third-order valence-corrected chi connectivity index (χ3v) is 4.80. The van der Waals surface area contributed by atoms with Crippen LogP contribution in [0.3, 0.4) is 0 Å². The van der Waals surface area contributed by atoms with E-state index in [2.05, 4.69) is 54.7 Å². The molecule has 2 aliphatic rings. The highest BCUT2D eigenvalue weighted by atomic mass is 16.3. The molecule has 0 amide bonds. The summed E-state index contributed by atoms with van der Waals surface area (Å²) in [5, 5.41) is 21.6. The summed E-state index contributed by atoms with van der Waals surface area (Å²) in [7, 11) is 0. The lowest BCUT2D eigenvalue weighted by atomic mass is 9.75. The molecule has 0 radical (unpaired) electrons. The highest BCUT2D eigenvalue weighted by molar-refractivity contribution is 5.50. The van der Waals surface area contributed by atoms with Gasteiger partial charge in [0, 0.05) is 0 Å². The zero-order valence-electron chi connectivity index (χ0n) is 16.6. The fraction of sp³-hybridized carbons (Fsp3) is 0.478. The van der Waals surface area contributed by atoms with Crippen LogP contribution in [0, 0.1) is 10.8 Å². The number of aliphatic hydroxyl groups excluding tert-OH is 2. The van der Waals surface area contributed by atoms with Crippen LogP contribution in [-0.4, -0.2) is 10.2 Å². The molecule has 0 atom stereocenters. The normalized spacial score (nSPS) is 20.1. The molecule has 25 heavy (non-hydrogen) atoms. The van der Waals surface area contributed by atoms with Gasteiger partial charge in [0.15, 0.2) is 0 Å². The molecule has 0 saturated carbocycles. The molecule has 0 aromatic rings. The Morgan fingerprint density at radius 2 is 1.08 bits per heavy atom. The summed E-state index contributed by atoms with van der Waals surface area (Å²) in [6.45, 7) is 20.8. The molecule has 0 heterocycles. The number of aliphatic hydroxyl groups is 2. The van der Waals surface area contributed by atoms with Crippen LogP contribution in [0.15, 0.2) is 70.3 Å². The number of hydrogen-bond acceptors (Lipinski definition) is 2. The van der Waals surface area contributed by atoms with E-state index in [1.807, 2.05) is 12.2 Å². The molecule has 0 unspecified atom stereocenters. The Bertz CT molecular complexity index is 674. The molecule has 0 aromatic carbocycles. The smallest absolute Gasteiger partial charge is 0.119 e. The molecule has 2 nitrogen and oxygen atoms in total. The summed E-state index contributed by atoms with van der Waals surface area (Å²) in [6.07, 6.45) is 5.82. The molecule has 0 fully saturated rings. The topological polar surface area (TPSA) is 40.5 Å². The maximum atomic E-state index is 10.8. The first kappa shape index (κ1) is 19.4. The van der Waals surface area contributed by atoms with Crippen molar-refractivity contribution in [3.05, 3.63) is 70.3 Å². The molecule has 0 saturated heterocycles. The third kappa shape index (κ3) is 4.18. The number of allylic oxidation sites excluding steroid dienone is 8. The van der Waals surface area contributed by atoms with Gasteiger partial charge in [-0.3, -0.25) is 0 Å². The number of rotatable bonds is 2. The molecule has 2 rings (SSSR count). The van der Waals surface area contributed by atoms with Gasteiger partial charge in [0.2, 0.25) is 0 Å². The van der Waals surface area contributed by atoms with Crippen LogP contribution in [0.1, 0.15) is 60.8 Å². The first-order chi connectivity index (χ1) is 11.3. The lowest BCUT2D eigenvalue weighted by molar-refractivity contribution is 0.361. The predicted molar refractivity (Wildman–Crippen MR) is 107 cm³/mol. The largest absolute Gasteiger partial charge is 0.508 e. The van der Waals surface area contributed by atoms with E-state index in [4.69, 9.17) is 0 Å². The highest BCUT2D eigenvalue weighted by Crippen LogP contribution is 2.43. The van der Waals surface area contributed by atoms with Gasteiger partial charge in [0.05, 0.1) is 0 Å². The van der Waals surface area contributed by atoms with Gasteiger partial charge in [0.25, 0.3) is 0 Å². The summed E-state index contributed by atoms with van der Waals surface area (Å²) in [6, 6.07) is 0. The van der Waals surface area contributed by atoms with E-state index < -0.39 is 0 Å². The van der Waals surface area contributed by atoms with Crippen LogP contribution in [0.5, 0.6) is 0 Å². The molecular formula is C23H32O2. The standard InChI is InChI=1S/C23H32O2/c1-14-9-16(20(24)18(11-14)22(3,4)5)13-17-10-15(2)12-19(21(17)25)23(6,7)8/h11-12,24-25H,1-2,9-10,13H2,3-8H3. The Morgan fingerprint density at radius 3 is 1.36 bits per heavy atom. The molecule has 2 aliphatic carbocycles. The quantitative estimate of drug-likeness (QED) is 0.576. The van der Waals surface area contributed by atoms with E-state index in [-0.39, 0.29) is 10.8 Å². The van der Waals surface area contributed by atoms with Crippen molar-refractivity contribution in [2.45, 2.75) is 60.8 Å². The lowest BCUT2D eigenvalue weighted by Gasteiger charge is -2.31. The maximum absolute atomic E-state index is 10.8. The first-order valence-electron chi connectivity index (χ1n) is 8.93. The first-order valence-corrected chi connectivity index (χ1v) is 8.93. The van der Waals surface area contributed by atoms with E-state index in [9.17, 15) is 10.2 Å². The number of hydrogen-bond donors (Lipinski definition) is 2. The minimum atomic E-state index is -0.151. The minimum Gasteiger partial charge on any atom is -0.508 e. The average Bonchev–Trinajstić information content (AvgIpc) is 2.43. The van der Waals surface area contributed by atoms with Gasteiger partial charge in [-0.1, -0.05) is 78.0 Å². The van der Waals surface area contributed by atoms with E-state index in [0.29, 0.717) is 30.8 Å². The second kappa shape index (κ2) is 6.40. The van der Waals surface area contributed by atoms with Crippen molar-refractivity contribution in [3.63, 3.8) is 0 Å². The van der Waals surface area contributed by atoms with Gasteiger partial charge in [-0.25, -0.2) is 0 Å². The minimum absolute atomic E-state index is 0.151. The average molecular weight is 341 g/mol. The van der Waals surface area contributed by atoms with Crippen molar-refractivity contribution in [1.29, 1.82) is 0 Å².